The molecule has 158 valence electrons. The lowest BCUT2D eigenvalue weighted by molar-refractivity contribution is -0.148. The second-order valence-electron chi connectivity index (χ2n) is 6.46. The molecule has 1 aromatic heterocycles. The number of aromatic amines is 1. The summed E-state index contributed by atoms with van der Waals surface area (Å²) >= 11 is 0. The number of benzene rings is 2. The van der Waals surface area contributed by atoms with Crippen LogP contribution in [-0.4, -0.2) is 27.8 Å². The van der Waals surface area contributed by atoms with Gasteiger partial charge in [-0.1, -0.05) is 67.6 Å². The number of carbonyl (C=O) groups is 3. The van der Waals surface area contributed by atoms with Crippen LogP contribution in [0.3, 0.4) is 0 Å². The molecule has 9 heteroatoms. The molecule has 0 saturated heterocycles. The highest BCUT2D eigenvalue weighted by Crippen LogP contribution is 2.22. The van der Waals surface area contributed by atoms with Crippen molar-refractivity contribution in [1.82, 2.24) is 20.8 Å². The second kappa shape index (κ2) is 9.97. The maximum Gasteiger partial charge on any atom is 0.331 e. The van der Waals surface area contributed by atoms with Crippen LogP contribution in [0.1, 0.15) is 51.5 Å². The molecule has 0 aliphatic rings. The van der Waals surface area contributed by atoms with Gasteiger partial charge in [0, 0.05) is 12.6 Å². The third kappa shape index (κ3) is 5.41. The number of nitrogens with zero attached hydrogens (tertiary/aromatic N) is 1. The van der Waals surface area contributed by atoms with Crippen LogP contribution in [0.2, 0.25) is 0 Å². The van der Waals surface area contributed by atoms with Gasteiger partial charge in [0.1, 0.15) is 5.56 Å². The summed E-state index contributed by atoms with van der Waals surface area (Å²) in [6, 6.07) is 18.1. The fourth-order valence-corrected chi connectivity index (χ4v) is 2.75. The van der Waals surface area contributed by atoms with Crippen LogP contribution in [0, 0.1) is 0 Å². The molecule has 1 heterocycles. The highest BCUT2D eigenvalue weighted by atomic mass is 16.7. The van der Waals surface area contributed by atoms with Gasteiger partial charge in [0.2, 0.25) is 5.82 Å². The standard InChI is InChI=1S/C22H20N4O5/c1-2-17(27)31-26-22(30)19-23-13-16(21(29)25-19)20(28)24-18(14-9-5-3-6-10-14)15-11-7-4-8-12-15/h3-13,18H,2H2,1H3,(H,24,28)(H,26,30)(H,23,25,29). The Morgan fingerprint density at radius 1 is 0.968 bits per heavy atom. The van der Waals surface area contributed by atoms with Crippen molar-refractivity contribution >= 4 is 17.8 Å². The summed E-state index contributed by atoms with van der Waals surface area (Å²) in [5.41, 5.74) is 2.48. The van der Waals surface area contributed by atoms with Crippen LogP contribution >= 0.6 is 0 Å². The van der Waals surface area contributed by atoms with Crippen LogP contribution in [0.15, 0.2) is 71.7 Å². The Morgan fingerprint density at radius 3 is 2.06 bits per heavy atom. The number of hydrogen-bond donors (Lipinski definition) is 3. The Hall–Kier alpha value is -4.27. The molecule has 0 aliphatic carbocycles. The summed E-state index contributed by atoms with van der Waals surface area (Å²) in [7, 11) is 0. The van der Waals surface area contributed by atoms with E-state index in [2.05, 4.69) is 20.1 Å². The monoisotopic (exact) mass is 420 g/mol. The third-order valence-corrected chi connectivity index (χ3v) is 4.35. The second-order valence-corrected chi connectivity index (χ2v) is 6.46. The minimum atomic E-state index is -0.919. The minimum absolute atomic E-state index is 0.0628. The zero-order chi connectivity index (χ0) is 22.2. The van der Waals surface area contributed by atoms with Gasteiger partial charge in [0.15, 0.2) is 0 Å². The molecule has 0 unspecified atom stereocenters. The van der Waals surface area contributed by atoms with Crippen LogP contribution in [0.25, 0.3) is 0 Å². The van der Waals surface area contributed by atoms with Gasteiger partial charge >= 0.3 is 11.9 Å². The molecule has 2 amide bonds. The predicted molar refractivity (Wildman–Crippen MR) is 111 cm³/mol. The number of nitrogens with one attached hydrogen (secondary N) is 3. The quantitative estimate of drug-likeness (QED) is 0.522. The van der Waals surface area contributed by atoms with Gasteiger partial charge in [-0.05, 0) is 11.1 Å². The molecular formula is C22H20N4O5. The molecular weight excluding hydrogens is 400 g/mol. The SMILES string of the molecule is CCC(=O)ONC(=O)c1ncc(C(=O)NC(c2ccccc2)c2ccccc2)c(=O)[nH]1. The van der Waals surface area contributed by atoms with E-state index in [1.54, 1.807) is 6.92 Å². The number of hydroxylamine groups is 1. The van der Waals surface area contributed by atoms with Crippen molar-refractivity contribution in [2.75, 3.05) is 0 Å². The van der Waals surface area contributed by atoms with Gasteiger partial charge in [0.25, 0.3) is 11.5 Å². The van der Waals surface area contributed by atoms with Gasteiger partial charge in [-0.2, -0.15) is 5.48 Å². The van der Waals surface area contributed by atoms with Crippen LogP contribution < -0.4 is 16.4 Å². The maximum absolute atomic E-state index is 12.8. The summed E-state index contributed by atoms with van der Waals surface area (Å²) < 4.78 is 0. The Morgan fingerprint density at radius 2 is 1.55 bits per heavy atom. The lowest BCUT2D eigenvalue weighted by atomic mass is 9.98. The highest BCUT2D eigenvalue weighted by molar-refractivity contribution is 5.95. The Bertz CT molecular complexity index is 1090. The van der Waals surface area contributed by atoms with Crippen LogP contribution in [-0.2, 0) is 9.63 Å². The molecule has 3 rings (SSSR count). The van der Waals surface area contributed by atoms with Gasteiger partial charge in [0.05, 0.1) is 6.04 Å². The first-order valence-corrected chi connectivity index (χ1v) is 9.49. The van der Waals surface area contributed by atoms with Gasteiger partial charge < -0.3 is 15.1 Å². The molecule has 0 bridgehead atoms. The van der Waals surface area contributed by atoms with E-state index < -0.39 is 35.2 Å². The first-order valence-electron chi connectivity index (χ1n) is 9.49. The average molecular weight is 420 g/mol. The van der Waals surface area contributed by atoms with Crippen molar-refractivity contribution in [3.63, 3.8) is 0 Å². The number of hydrogen-bond acceptors (Lipinski definition) is 6. The van der Waals surface area contributed by atoms with Gasteiger partial charge in [-0.25, -0.2) is 9.78 Å². The zero-order valence-electron chi connectivity index (χ0n) is 16.6. The first-order chi connectivity index (χ1) is 15.0. The Balaban J connectivity index is 1.80. The van der Waals surface area contributed by atoms with E-state index in [4.69, 9.17) is 0 Å². The van der Waals surface area contributed by atoms with Crippen molar-refractivity contribution in [1.29, 1.82) is 0 Å². The molecule has 9 nitrogen and oxygen atoms in total. The maximum atomic E-state index is 12.8. The lowest BCUT2D eigenvalue weighted by Crippen LogP contribution is -2.35. The summed E-state index contributed by atoms with van der Waals surface area (Å²) in [5, 5.41) is 2.83. The summed E-state index contributed by atoms with van der Waals surface area (Å²) in [6.07, 6.45) is 1.06. The van der Waals surface area contributed by atoms with Crippen molar-refractivity contribution in [2.45, 2.75) is 19.4 Å². The molecule has 0 spiro atoms. The zero-order valence-corrected chi connectivity index (χ0v) is 16.6. The number of rotatable bonds is 6. The van der Waals surface area contributed by atoms with E-state index in [-0.39, 0.29) is 12.0 Å². The van der Waals surface area contributed by atoms with Crippen molar-refractivity contribution in [3.05, 3.63) is 99.7 Å². The fourth-order valence-electron chi connectivity index (χ4n) is 2.75. The molecule has 2 aromatic carbocycles. The third-order valence-electron chi connectivity index (χ3n) is 4.35. The molecule has 0 saturated carbocycles. The van der Waals surface area contributed by atoms with Gasteiger partial charge in [-0.15, -0.1) is 0 Å². The summed E-state index contributed by atoms with van der Waals surface area (Å²) in [4.78, 5) is 58.8. The van der Waals surface area contributed by atoms with E-state index in [9.17, 15) is 19.2 Å². The number of aromatic nitrogens is 2. The van der Waals surface area contributed by atoms with E-state index >= 15 is 0 Å². The summed E-state index contributed by atoms with van der Waals surface area (Å²) in [6.45, 7) is 1.56. The highest BCUT2D eigenvalue weighted by Gasteiger charge is 2.21. The van der Waals surface area contributed by atoms with E-state index in [0.29, 0.717) is 0 Å². The number of H-pyrrole nitrogens is 1. The predicted octanol–water partition coefficient (Wildman–Crippen LogP) is 1.89. The van der Waals surface area contributed by atoms with Crippen LogP contribution in [0.4, 0.5) is 0 Å². The smallest absolute Gasteiger partial charge is 0.331 e. The number of carbonyl (C=O) groups excluding carboxylic acids is 3. The van der Waals surface area contributed by atoms with E-state index in [0.717, 1.165) is 17.3 Å². The molecule has 0 aliphatic heterocycles. The summed E-state index contributed by atoms with van der Waals surface area (Å²) in [5.74, 6) is -2.62. The fraction of sp³-hybridized carbons (Fsp3) is 0.136. The van der Waals surface area contributed by atoms with Gasteiger partial charge in [-0.3, -0.25) is 14.4 Å². The van der Waals surface area contributed by atoms with E-state index in [1.165, 1.54) is 0 Å². The first kappa shape index (κ1) is 21.4. The largest absolute Gasteiger partial charge is 0.341 e. The van der Waals surface area contributed by atoms with Crippen molar-refractivity contribution < 1.29 is 19.2 Å². The van der Waals surface area contributed by atoms with Crippen LogP contribution in [0.5, 0.6) is 0 Å². The molecule has 0 radical (unpaired) electrons. The Kier molecular flexibility index (Phi) is 6.89. The molecule has 31 heavy (non-hydrogen) atoms. The molecule has 0 fully saturated rings. The average Bonchev–Trinajstić information content (AvgIpc) is 2.81. The Labute approximate surface area is 177 Å². The molecule has 3 aromatic rings. The minimum Gasteiger partial charge on any atom is -0.341 e. The normalized spacial score (nSPS) is 10.4. The van der Waals surface area contributed by atoms with E-state index in [1.807, 2.05) is 66.1 Å². The van der Waals surface area contributed by atoms with Crippen molar-refractivity contribution in [2.24, 2.45) is 0 Å². The molecule has 0 atom stereocenters. The number of amides is 2. The molecule has 3 N–H and O–H groups in total. The lowest BCUT2D eigenvalue weighted by Gasteiger charge is -2.19. The topological polar surface area (TPSA) is 130 Å². The van der Waals surface area contributed by atoms with Crippen molar-refractivity contribution in [3.8, 4) is 0 Å².